The molecular formula is C13H25N5O2. The maximum atomic E-state index is 12.3. The van der Waals surface area contributed by atoms with Crippen molar-refractivity contribution in [3.8, 4) is 0 Å². The Hall–Kier alpha value is -1.30. The summed E-state index contributed by atoms with van der Waals surface area (Å²) < 4.78 is 5.23. The maximum absolute atomic E-state index is 12.3. The van der Waals surface area contributed by atoms with Crippen LogP contribution >= 0.6 is 0 Å². The number of likely N-dealkylation sites (tertiary alicyclic amines) is 1. The second kappa shape index (κ2) is 8.09. The first-order valence-electron chi connectivity index (χ1n) is 7.23. The van der Waals surface area contributed by atoms with Gasteiger partial charge in [-0.2, -0.15) is 0 Å². The fraction of sp³-hybridized carbons (Fsp3) is 0.923. The highest BCUT2D eigenvalue weighted by molar-refractivity contribution is 5.81. The zero-order valence-corrected chi connectivity index (χ0v) is 12.6. The summed E-state index contributed by atoms with van der Waals surface area (Å²) in [6, 6.07) is 0.413. The number of hydrogen-bond acceptors (Lipinski definition) is 5. The van der Waals surface area contributed by atoms with Crippen LogP contribution < -0.4 is 5.32 Å². The minimum atomic E-state index is -0.614. The van der Waals surface area contributed by atoms with Gasteiger partial charge in [-0.25, -0.2) is 4.79 Å². The van der Waals surface area contributed by atoms with Crippen LogP contribution in [-0.2, 0) is 9.53 Å². The number of carbonyl (C=O) groups excluding carboxylic acids is 1. The zero-order chi connectivity index (χ0) is 15.0. The van der Waals surface area contributed by atoms with Gasteiger partial charge in [-0.15, -0.1) is 0 Å². The Kier molecular flexibility index (Phi) is 6.78. The fourth-order valence-corrected chi connectivity index (χ4v) is 2.45. The van der Waals surface area contributed by atoms with Gasteiger partial charge >= 0.3 is 5.97 Å². The Labute approximate surface area is 120 Å². The predicted octanol–water partition coefficient (Wildman–Crippen LogP) is 1.69. The molecule has 1 atom stereocenters. The van der Waals surface area contributed by atoms with Crippen molar-refractivity contribution in [3.63, 3.8) is 0 Å². The van der Waals surface area contributed by atoms with Gasteiger partial charge < -0.3 is 10.1 Å². The van der Waals surface area contributed by atoms with Crippen molar-refractivity contribution in [3.05, 3.63) is 10.4 Å². The van der Waals surface area contributed by atoms with Crippen molar-refractivity contribution >= 4 is 5.97 Å². The first-order chi connectivity index (χ1) is 9.55. The monoisotopic (exact) mass is 283 g/mol. The van der Waals surface area contributed by atoms with E-state index in [2.05, 4.69) is 34.1 Å². The molecule has 0 saturated carbocycles. The van der Waals surface area contributed by atoms with Crippen molar-refractivity contribution in [1.82, 2.24) is 10.2 Å². The summed E-state index contributed by atoms with van der Waals surface area (Å²) in [7, 11) is 0. The van der Waals surface area contributed by atoms with Gasteiger partial charge in [-0.1, -0.05) is 5.11 Å². The van der Waals surface area contributed by atoms with Crippen LogP contribution in [0, 0.1) is 0 Å². The van der Waals surface area contributed by atoms with Gasteiger partial charge in [0, 0.05) is 30.6 Å². The van der Waals surface area contributed by atoms with Crippen LogP contribution in [0.5, 0.6) is 0 Å². The van der Waals surface area contributed by atoms with Crippen LogP contribution in [0.3, 0.4) is 0 Å². The predicted molar refractivity (Wildman–Crippen MR) is 77.3 cm³/mol. The van der Waals surface area contributed by atoms with Gasteiger partial charge in [0.15, 0.2) is 0 Å². The summed E-state index contributed by atoms with van der Waals surface area (Å²) in [6.07, 6.45) is 1.47. The molecule has 0 bridgehead atoms. The van der Waals surface area contributed by atoms with Gasteiger partial charge in [-0.3, -0.25) is 4.90 Å². The Morgan fingerprint density at radius 3 is 2.90 bits per heavy atom. The normalized spacial score (nSPS) is 22.8. The molecule has 7 heteroatoms. The van der Waals surface area contributed by atoms with Crippen LogP contribution in [0.15, 0.2) is 5.11 Å². The number of carbonyl (C=O) groups is 1. The molecule has 0 radical (unpaired) electrons. The largest absolute Gasteiger partial charge is 0.465 e. The smallest absolute Gasteiger partial charge is 0.327 e. The van der Waals surface area contributed by atoms with Crippen molar-refractivity contribution in [1.29, 1.82) is 0 Å². The first kappa shape index (κ1) is 16.8. The molecule has 0 aliphatic carbocycles. The summed E-state index contributed by atoms with van der Waals surface area (Å²) in [5, 5.41) is 6.82. The van der Waals surface area contributed by atoms with Crippen LogP contribution in [0.4, 0.5) is 0 Å². The number of hydrogen-bond donors (Lipinski definition) is 1. The Balaban J connectivity index is 2.61. The van der Waals surface area contributed by atoms with Crippen molar-refractivity contribution in [2.75, 3.05) is 32.8 Å². The molecule has 0 aromatic rings. The molecular weight excluding hydrogens is 258 g/mol. The Morgan fingerprint density at radius 2 is 2.35 bits per heavy atom. The van der Waals surface area contributed by atoms with Gasteiger partial charge in [0.25, 0.3) is 0 Å². The lowest BCUT2D eigenvalue weighted by atomic mass is 9.98. The summed E-state index contributed by atoms with van der Waals surface area (Å²) in [4.78, 5) is 17.3. The number of nitrogens with zero attached hydrogens (tertiary/aromatic N) is 4. The molecule has 1 fully saturated rings. The number of azide groups is 1. The average Bonchev–Trinajstić information content (AvgIpc) is 2.85. The van der Waals surface area contributed by atoms with E-state index in [4.69, 9.17) is 10.3 Å². The highest BCUT2D eigenvalue weighted by Gasteiger charge is 2.45. The molecule has 0 aromatic carbocycles. The van der Waals surface area contributed by atoms with Crippen molar-refractivity contribution < 1.29 is 9.53 Å². The minimum absolute atomic E-state index is 0.174. The van der Waals surface area contributed by atoms with E-state index in [0.29, 0.717) is 38.7 Å². The molecule has 1 heterocycles. The highest BCUT2D eigenvalue weighted by Crippen LogP contribution is 2.24. The van der Waals surface area contributed by atoms with Crippen LogP contribution in [0.1, 0.15) is 33.6 Å². The SMILES string of the molecule is CCOC(=O)C1(NCCCN=[N+]=[N-])CCN(C(C)C)C1. The topological polar surface area (TPSA) is 90.3 Å². The lowest BCUT2D eigenvalue weighted by molar-refractivity contribution is -0.150. The molecule has 7 nitrogen and oxygen atoms in total. The number of rotatable bonds is 8. The van der Waals surface area contributed by atoms with Crippen molar-refractivity contribution in [2.24, 2.45) is 5.11 Å². The average molecular weight is 283 g/mol. The van der Waals surface area contributed by atoms with Gasteiger partial charge in [0.2, 0.25) is 0 Å². The third-order valence-corrected chi connectivity index (χ3v) is 3.66. The molecule has 1 aliphatic rings. The molecule has 0 amide bonds. The summed E-state index contributed by atoms with van der Waals surface area (Å²) in [6.45, 7) is 9.11. The van der Waals surface area contributed by atoms with E-state index in [1.54, 1.807) is 0 Å². The van der Waals surface area contributed by atoms with E-state index in [0.717, 1.165) is 13.0 Å². The van der Waals surface area contributed by atoms with Gasteiger partial charge in [0.05, 0.1) is 6.61 Å². The van der Waals surface area contributed by atoms with E-state index in [-0.39, 0.29) is 5.97 Å². The molecule has 1 N–H and O–H groups in total. The summed E-state index contributed by atoms with van der Waals surface area (Å²) in [5.74, 6) is -0.174. The van der Waals surface area contributed by atoms with Crippen molar-refractivity contribution in [2.45, 2.75) is 45.2 Å². The van der Waals surface area contributed by atoms with Crippen LogP contribution in [0.25, 0.3) is 10.4 Å². The lowest BCUT2D eigenvalue weighted by Gasteiger charge is -2.29. The summed E-state index contributed by atoms with van der Waals surface area (Å²) in [5.41, 5.74) is 7.62. The van der Waals surface area contributed by atoms with Crippen LogP contribution in [0.2, 0.25) is 0 Å². The quantitative estimate of drug-likeness (QED) is 0.241. The van der Waals surface area contributed by atoms with Gasteiger partial charge in [-0.05, 0) is 45.7 Å². The van der Waals surface area contributed by atoms with Crippen LogP contribution in [-0.4, -0.2) is 55.2 Å². The zero-order valence-electron chi connectivity index (χ0n) is 12.6. The summed E-state index contributed by atoms with van der Waals surface area (Å²) >= 11 is 0. The third kappa shape index (κ3) is 4.37. The van der Waals surface area contributed by atoms with E-state index < -0.39 is 5.54 Å². The fourth-order valence-electron chi connectivity index (χ4n) is 2.45. The lowest BCUT2D eigenvalue weighted by Crippen LogP contribution is -2.55. The molecule has 0 aromatic heterocycles. The van der Waals surface area contributed by atoms with E-state index in [1.165, 1.54) is 0 Å². The second-order valence-corrected chi connectivity index (χ2v) is 5.35. The molecule has 20 heavy (non-hydrogen) atoms. The molecule has 1 aliphatic heterocycles. The van der Waals surface area contributed by atoms with Gasteiger partial charge in [0.1, 0.15) is 5.54 Å². The number of esters is 1. The first-order valence-corrected chi connectivity index (χ1v) is 7.23. The third-order valence-electron chi connectivity index (χ3n) is 3.66. The molecule has 114 valence electrons. The Bertz CT molecular complexity index is 368. The Morgan fingerprint density at radius 1 is 1.60 bits per heavy atom. The minimum Gasteiger partial charge on any atom is -0.465 e. The number of ether oxygens (including phenoxy) is 1. The van der Waals surface area contributed by atoms with E-state index >= 15 is 0 Å². The molecule has 1 rings (SSSR count). The second-order valence-electron chi connectivity index (χ2n) is 5.35. The van der Waals surface area contributed by atoms with E-state index in [9.17, 15) is 4.79 Å². The molecule has 1 unspecified atom stereocenters. The number of nitrogens with one attached hydrogen (secondary N) is 1. The maximum Gasteiger partial charge on any atom is 0.327 e. The highest BCUT2D eigenvalue weighted by atomic mass is 16.5. The van der Waals surface area contributed by atoms with E-state index in [1.807, 2.05) is 6.92 Å². The standard InChI is InChI=1S/C13H25N5O2/c1-4-20-12(19)13(15-7-5-8-16-17-14)6-9-18(10-13)11(2)3/h11,15H,4-10H2,1-3H3. The molecule has 0 spiro atoms. The molecule has 1 saturated heterocycles.